The molecule has 22 heavy (non-hydrogen) atoms. The minimum absolute atomic E-state index is 0.0638. The molecule has 0 bridgehead atoms. The summed E-state index contributed by atoms with van der Waals surface area (Å²) >= 11 is 0. The molecule has 8 heteroatoms. The van der Waals surface area contributed by atoms with Crippen LogP contribution in [-0.2, 0) is 4.74 Å². The summed E-state index contributed by atoms with van der Waals surface area (Å²) in [6.07, 6.45) is 1.97. The van der Waals surface area contributed by atoms with E-state index in [1.54, 1.807) is 13.2 Å². The number of nitro benzene ring substituents is 1. The fraction of sp³-hybridized carbons (Fsp3) is 0.500. The molecule has 1 saturated heterocycles. The Morgan fingerprint density at radius 2 is 2.36 bits per heavy atom. The fourth-order valence-electron chi connectivity index (χ4n) is 2.59. The summed E-state index contributed by atoms with van der Waals surface area (Å²) in [4.78, 5) is 22.1. The van der Waals surface area contributed by atoms with Gasteiger partial charge in [-0.1, -0.05) is 6.07 Å². The number of urea groups is 1. The number of ether oxygens (including phenoxy) is 1. The number of anilines is 1. The number of benzene rings is 1. The Labute approximate surface area is 128 Å². The van der Waals surface area contributed by atoms with Gasteiger partial charge in [-0.3, -0.25) is 10.1 Å². The fourth-order valence-corrected chi connectivity index (χ4v) is 2.59. The van der Waals surface area contributed by atoms with Crippen molar-refractivity contribution in [2.45, 2.75) is 18.4 Å². The largest absolute Gasteiger partial charge is 0.383 e. The molecule has 1 aromatic rings. The first-order chi connectivity index (χ1) is 10.5. The molecular weight excluding hydrogens is 288 g/mol. The third-order valence-electron chi connectivity index (χ3n) is 3.65. The first-order valence-electron chi connectivity index (χ1n) is 7.08. The Hall–Kier alpha value is -2.19. The van der Waals surface area contributed by atoms with Gasteiger partial charge in [0.05, 0.1) is 17.1 Å². The topological polar surface area (TPSA) is 106 Å². The zero-order chi connectivity index (χ0) is 16.0. The van der Waals surface area contributed by atoms with E-state index in [4.69, 9.17) is 4.74 Å². The van der Waals surface area contributed by atoms with Gasteiger partial charge in [0.2, 0.25) is 0 Å². The van der Waals surface area contributed by atoms with Crippen LogP contribution in [0.5, 0.6) is 0 Å². The number of carbonyl (C=O) groups is 1. The summed E-state index contributed by atoms with van der Waals surface area (Å²) in [6, 6.07) is 5.42. The maximum atomic E-state index is 11.9. The molecule has 2 amide bonds. The average Bonchev–Trinajstić information content (AvgIpc) is 2.95. The zero-order valence-corrected chi connectivity index (χ0v) is 12.4. The van der Waals surface area contributed by atoms with E-state index in [9.17, 15) is 14.9 Å². The Kier molecular flexibility index (Phi) is 5.29. The van der Waals surface area contributed by atoms with E-state index in [2.05, 4.69) is 16.0 Å². The van der Waals surface area contributed by atoms with E-state index < -0.39 is 11.0 Å². The molecule has 1 unspecified atom stereocenters. The highest BCUT2D eigenvalue weighted by Gasteiger charge is 2.33. The SMILES string of the molecule is COCC1(CNC(=O)Nc2cccc([N+](=O)[O-])c2)CCCN1. The number of non-ortho nitro benzene ring substituents is 1. The van der Waals surface area contributed by atoms with E-state index in [1.165, 1.54) is 18.2 Å². The summed E-state index contributed by atoms with van der Waals surface area (Å²) in [6.45, 7) is 1.85. The Bertz CT molecular complexity index is 543. The van der Waals surface area contributed by atoms with Gasteiger partial charge in [-0.25, -0.2) is 4.79 Å². The van der Waals surface area contributed by atoms with Crippen LogP contribution >= 0.6 is 0 Å². The molecule has 2 rings (SSSR count). The van der Waals surface area contributed by atoms with Crippen molar-refractivity contribution in [2.75, 3.05) is 32.1 Å². The normalized spacial score (nSPS) is 20.6. The summed E-state index contributed by atoms with van der Waals surface area (Å²) in [5, 5.41) is 19.4. The molecule has 0 spiro atoms. The average molecular weight is 308 g/mol. The van der Waals surface area contributed by atoms with Crippen molar-refractivity contribution in [1.82, 2.24) is 10.6 Å². The summed E-state index contributed by atoms with van der Waals surface area (Å²) < 4.78 is 5.21. The van der Waals surface area contributed by atoms with E-state index in [0.29, 0.717) is 18.8 Å². The molecule has 120 valence electrons. The van der Waals surface area contributed by atoms with Gasteiger partial charge in [-0.05, 0) is 25.5 Å². The van der Waals surface area contributed by atoms with E-state index in [0.717, 1.165) is 19.4 Å². The Balaban J connectivity index is 1.90. The van der Waals surface area contributed by atoms with Crippen LogP contribution in [0, 0.1) is 10.1 Å². The summed E-state index contributed by atoms with van der Waals surface area (Å²) in [5.41, 5.74) is 0.0763. The van der Waals surface area contributed by atoms with Gasteiger partial charge < -0.3 is 20.7 Å². The maximum absolute atomic E-state index is 11.9. The molecule has 0 aromatic heterocycles. The van der Waals surface area contributed by atoms with Gasteiger partial charge in [-0.2, -0.15) is 0 Å². The second-order valence-electron chi connectivity index (χ2n) is 5.36. The molecular formula is C14H20N4O4. The highest BCUT2D eigenvalue weighted by atomic mass is 16.6. The van der Waals surface area contributed by atoms with Crippen molar-refractivity contribution >= 4 is 17.4 Å². The number of nitrogens with zero attached hydrogens (tertiary/aromatic N) is 1. The molecule has 1 aliphatic heterocycles. The van der Waals surface area contributed by atoms with Crippen LogP contribution in [0.15, 0.2) is 24.3 Å². The molecule has 1 heterocycles. The van der Waals surface area contributed by atoms with Gasteiger partial charge in [0.15, 0.2) is 0 Å². The van der Waals surface area contributed by atoms with Crippen molar-refractivity contribution in [1.29, 1.82) is 0 Å². The van der Waals surface area contributed by atoms with Crippen LogP contribution in [0.1, 0.15) is 12.8 Å². The molecule has 0 radical (unpaired) electrons. The molecule has 1 aromatic carbocycles. The maximum Gasteiger partial charge on any atom is 0.319 e. The van der Waals surface area contributed by atoms with Crippen molar-refractivity contribution in [3.05, 3.63) is 34.4 Å². The highest BCUT2D eigenvalue weighted by Crippen LogP contribution is 2.19. The van der Waals surface area contributed by atoms with Gasteiger partial charge >= 0.3 is 6.03 Å². The lowest BCUT2D eigenvalue weighted by molar-refractivity contribution is -0.384. The van der Waals surface area contributed by atoms with Crippen molar-refractivity contribution in [2.24, 2.45) is 0 Å². The van der Waals surface area contributed by atoms with Crippen LogP contribution in [0.2, 0.25) is 0 Å². The van der Waals surface area contributed by atoms with Gasteiger partial charge in [0.25, 0.3) is 5.69 Å². The molecule has 1 aliphatic rings. The monoisotopic (exact) mass is 308 g/mol. The molecule has 1 atom stereocenters. The minimum atomic E-state index is -0.501. The van der Waals surface area contributed by atoms with Crippen molar-refractivity contribution in [3.8, 4) is 0 Å². The van der Waals surface area contributed by atoms with Crippen LogP contribution in [-0.4, -0.2) is 43.3 Å². The Morgan fingerprint density at radius 3 is 3.00 bits per heavy atom. The lowest BCUT2D eigenvalue weighted by atomic mass is 9.99. The number of rotatable bonds is 6. The van der Waals surface area contributed by atoms with Crippen molar-refractivity contribution < 1.29 is 14.5 Å². The lowest BCUT2D eigenvalue weighted by Crippen LogP contribution is -2.53. The quantitative estimate of drug-likeness (QED) is 0.545. The molecule has 0 aliphatic carbocycles. The van der Waals surface area contributed by atoms with Crippen LogP contribution in [0.3, 0.4) is 0 Å². The van der Waals surface area contributed by atoms with Crippen molar-refractivity contribution in [3.63, 3.8) is 0 Å². The lowest BCUT2D eigenvalue weighted by Gasteiger charge is -2.28. The third kappa shape index (κ3) is 4.15. The highest BCUT2D eigenvalue weighted by molar-refractivity contribution is 5.89. The minimum Gasteiger partial charge on any atom is -0.383 e. The smallest absolute Gasteiger partial charge is 0.319 e. The van der Waals surface area contributed by atoms with Crippen LogP contribution in [0.4, 0.5) is 16.2 Å². The summed E-state index contributed by atoms with van der Waals surface area (Å²) in [5.74, 6) is 0. The third-order valence-corrected chi connectivity index (χ3v) is 3.65. The van der Waals surface area contributed by atoms with Gasteiger partial charge in [0, 0.05) is 31.5 Å². The number of hydrogen-bond acceptors (Lipinski definition) is 5. The standard InChI is InChI=1S/C14H20N4O4/c1-22-10-14(6-3-7-16-14)9-15-13(19)17-11-4-2-5-12(8-11)18(20)21/h2,4-5,8,16H,3,6-7,9-10H2,1H3,(H2,15,17,19). The number of hydrogen-bond donors (Lipinski definition) is 3. The second-order valence-corrected chi connectivity index (χ2v) is 5.36. The van der Waals surface area contributed by atoms with Gasteiger partial charge in [-0.15, -0.1) is 0 Å². The van der Waals surface area contributed by atoms with Crippen LogP contribution in [0.25, 0.3) is 0 Å². The second kappa shape index (κ2) is 7.19. The summed E-state index contributed by atoms with van der Waals surface area (Å²) in [7, 11) is 1.63. The predicted octanol–water partition coefficient (Wildman–Crippen LogP) is 1.48. The van der Waals surface area contributed by atoms with Crippen LogP contribution < -0.4 is 16.0 Å². The first kappa shape index (κ1) is 16.2. The Morgan fingerprint density at radius 1 is 1.55 bits per heavy atom. The predicted molar refractivity (Wildman–Crippen MR) is 82.0 cm³/mol. The van der Waals surface area contributed by atoms with Gasteiger partial charge in [0.1, 0.15) is 0 Å². The zero-order valence-electron chi connectivity index (χ0n) is 12.4. The molecule has 8 nitrogen and oxygen atoms in total. The number of nitrogens with one attached hydrogen (secondary N) is 3. The number of nitro groups is 1. The first-order valence-corrected chi connectivity index (χ1v) is 7.08. The van der Waals surface area contributed by atoms with E-state index >= 15 is 0 Å². The van der Waals surface area contributed by atoms with E-state index in [1.807, 2.05) is 0 Å². The molecule has 0 saturated carbocycles. The molecule has 1 fully saturated rings. The molecule has 3 N–H and O–H groups in total. The van der Waals surface area contributed by atoms with E-state index in [-0.39, 0.29) is 11.2 Å². The number of methoxy groups -OCH3 is 1. The number of carbonyl (C=O) groups excluding carboxylic acids is 1. The number of amides is 2.